The minimum atomic E-state index is -0.222. The van der Waals surface area contributed by atoms with Crippen LogP contribution in [0.3, 0.4) is 0 Å². The number of rotatable bonds is 1. The second-order valence-corrected chi connectivity index (χ2v) is 6.85. The second kappa shape index (κ2) is 4.64. The first kappa shape index (κ1) is 14.1. The average Bonchev–Trinajstić information content (AvgIpc) is 2.67. The predicted octanol–water partition coefficient (Wildman–Crippen LogP) is 3.19. The Bertz CT molecular complexity index is 469. The minimum Gasteiger partial charge on any atom is -0.359 e. The van der Waals surface area contributed by atoms with E-state index in [0.29, 0.717) is 13.3 Å². The molecule has 0 aliphatic carbocycles. The Morgan fingerprint density at radius 3 is 2.21 bits per heavy atom. The molecule has 1 fully saturated rings. The summed E-state index contributed by atoms with van der Waals surface area (Å²) in [7, 11) is 0. The summed E-state index contributed by atoms with van der Waals surface area (Å²) in [6.07, 6.45) is 0. The zero-order chi connectivity index (χ0) is 14.3. The molecule has 19 heavy (non-hydrogen) atoms. The van der Waals surface area contributed by atoms with Crippen LogP contribution >= 0.6 is 0 Å². The number of benzene rings is 1. The number of carbonyl (C=O) groups excluding carboxylic acids is 1. The van der Waals surface area contributed by atoms with Crippen molar-refractivity contribution in [2.75, 3.05) is 13.3 Å². The van der Waals surface area contributed by atoms with Crippen LogP contribution < -0.4 is 0 Å². The van der Waals surface area contributed by atoms with E-state index in [1.807, 2.05) is 38.1 Å². The Morgan fingerprint density at radius 2 is 1.79 bits per heavy atom. The lowest BCUT2D eigenvalue weighted by Crippen LogP contribution is -2.44. The summed E-state index contributed by atoms with van der Waals surface area (Å²) in [5.41, 5.74) is 1.85. The molecule has 104 valence electrons. The molecule has 2 rings (SSSR count). The molecule has 1 aliphatic rings. The van der Waals surface area contributed by atoms with Gasteiger partial charge in [0.05, 0.1) is 12.1 Å². The number of nitrogens with zero attached hydrogens (tertiary/aromatic N) is 1. The largest absolute Gasteiger partial charge is 0.359 e. The van der Waals surface area contributed by atoms with Gasteiger partial charge < -0.3 is 9.64 Å². The van der Waals surface area contributed by atoms with E-state index in [1.54, 1.807) is 4.90 Å². The Balaban J connectivity index is 2.21. The van der Waals surface area contributed by atoms with Crippen molar-refractivity contribution < 1.29 is 9.53 Å². The van der Waals surface area contributed by atoms with Crippen LogP contribution in [0.25, 0.3) is 0 Å². The summed E-state index contributed by atoms with van der Waals surface area (Å²) >= 11 is 0. The summed E-state index contributed by atoms with van der Waals surface area (Å²) < 4.78 is 5.40. The molecule has 0 radical (unpaired) electrons. The van der Waals surface area contributed by atoms with Crippen molar-refractivity contribution in [3.8, 4) is 0 Å². The molecular weight excluding hydrogens is 238 g/mol. The molecular formula is C16H23NO2. The Hall–Kier alpha value is -1.35. The van der Waals surface area contributed by atoms with E-state index < -0.39 is 0 Å². The number of ether oxygens (including phenoxy) is 1. The minimum absolute atomic E-state index is 0.0444. The number of amides is 1. The highest BCUT2D eigenvalue weighted by Crippen LogP contribution is 2.26. The van der Waals surface area contributed by atoms with Crippen molar-refractivity contribution in [1.82, 2.24) is 4.90 Å². The molecule has 0 bridgehead atoms. The van der Waals surface area contributed by atoms with Gasteiger partial charge in [0.15, 0.2) is 0 Å². The molecule has 0 aromatic heterocycles. The second-order valence-electron chi connectivity index (χ2n) is 6.85. The Kier molecular flexibility index (Phi) is 3.43. The maximum atomic E-state index is 12.5. The fraction of sp³-hybridized carbons (Fsp3) is 0.562. The quantitative estimate of drug-likeness (QED) is 0.777. The molecule has 0 saturated carbocycles. The van der Waals surface area contributed by atoms with E-state index in [4.69, 9.17) is 4.74 Å². The fourth-order valence-corrected chi connectivity index (χ4v) is 2.24. The molecule has 0 spiro atoms. The third-order valence-electron chi connectivity index (χ3n) is 3.65. The van der Waals surface area contributed by atoms with E-state index in [1.165, 1.54) is 5.56 Å². The number of carbonyl (C=O) groups is 1. The highest BCUT2D eigenvalue weighted by Gasteiger charge is 2.36. The lowest BCUT2D eigenvalue weighted by atomic mass is 9.86. The zero-order valence-corrected chi connectivity index (χ0v) is 12.5. The van der Waals surface area contributed by atoms with Crippen LogP contribution in [0.2, 0.25) is 0 Å². The van der Waals surface area contributed by atoms with Crippen molar-refractivity contribution in [3.63, 3.8) is 0 Å². The standard InChI is InChI=1S/C16H23NO2/c1-15(2,3)13-8-6-12(7-9-13)14(18)17-11-19-10-16(17,4)5/h6-9H,10-11H2,1-5H3. The van der Waals surface area contributed by atoms with Gasteiger partial charge in [0.25, 0.3) is 5.91 Å². The summed E-state index contributed by atoms with van der Waals surface area (Å²) in [5.74, 6) is 0.0444. The van der Waals surface area contributed by atoms with Gasteiger partial charge in [-0.3, -0.25) is 4.79 Å². The molecule has 1 aromatic rings. The van der Waals surface area contributed by atoms with Gasteiger partial charge in [0, 0.05) is 5.56 Å². The summed E-state index contributed by atoms with van der Waals surface area (Å²) in [6.45, 7) is 11.5. The van der Waals surface area contributed by atoms with Crippen molar-refractivity contribution in [2.24, 2.45) is 0 Å². The van der Waals surface area contributed by atoms with E-state index >= 15 is 0 Å². The van der Waals surface area contributed by atoms with Gasteiger partial charge in [-0.15, -0.1) is 0 Å². The fourth-order valence-electron chi connectivity index (χ4n) is 2.24. The van der Waals surface area contributed by atoms with Crippen LogP contribution in [0, 0.1) is 0 Å². The molecule has 3 nitrogen and oxygen atoms in total. The molecule has 0 unspecified atom stereocenters. The van der Waals surface area contributed by atoms with Crippen molar-refractivity contribution in [2.45, 2.75) is 45.6 Å². The van der Waals surface area contributed by atoms with Gasteiger partial charge in [0.1, 0.15) is 6.73 Å². The molecule has 1 saturated heterocycles. The van der Waals surface area contributed by atoms with Crippen molar-refractivity contribution >= 4 is 5.91 Å². The average molecular weight is 261 g/mol. The lowest BCUT2D eigenvalue weighted by molar-refractivity contribution is 0.0605. The normalized spacial score (nSPS) is 18.7. The van der Waals surface area contributed by atoms with E-state index in [-0.39, 0.29) is 16.9 Å². The Morgan fingerprint density at radius 1 is 1.21 bits per heavy atom. The van der Waals surface area contributed by atoms with Gasteiger partial charge >= 0.3 is 0 Å². The van der Waals surface area contributed by atoms with E-state index in [2.05, 4.69) is 20.8 Å². The third-order valence-corrected chi connectivity index (χ3v) is 3.65. The van der Waals surface area contributed by atoms with Gasteiger partial charge in [-0.2, -0.15) is 0 Å². The molecule has 1 amide bonds. The van der Waals surface area contributed by atoms with Crippen LogP contribution in [-0.4, -0.2) is 29.7 Å². The van der Waals surface area contributed by atoms with Gasteiger partial charge in [-0.05, 0) is 37.0 Å². The molecule has 3 heteroatoms. The molecule has 1 heterocycles. The van der Waals surface area contributed by atoms with E-state index in [9.17, 15) is 4.79 Å². The molecule has 0 atom stereocenters. The van der Waals surface area contributed by atoms with Crippen molar-refractivity contribution in [1.29, 1.82) is 0 Å². The SMILES string of the molecule is CC(C)(C)c1ccc(C(=O)N2COCC2(C)C)cc1. The Labute approximate surface area is 115 Å². The summed E-state index contributed by atoms with van der Waals surface area (Å²) in [6, 6.07) is 7.91. The van der Waals surface area contributed by atoms with Crippen LogP contribution in [-0.2, 0) is 10.2 Å². The first-order valence-corrected chi connectivity index (χ1v) is 6.72. The van der Waals surface area contributed by atoms with Gasteiger partial charge in [-0.1, -0.05) is 32.9 Å². The summed E-state index contributed by atoms with van der Waals surface area (Å²) in [4.78, 5) is 14.3. The van der Waals surface area contributed by atoms with Crippen LogP contribution in [0.15, 0.2) is 24.3 Å². The molecule has 1 aliphatic heterocycles. The first-order valence-electron chi connectivity index (χ1n) is 6.72. The predicted molar refractivity (Wildman–Crippen MR) is 76.2 cm³/mol. The van der Waals surface area contributed by atoms with Crippen LogP contribution in [0.5, 0.6) is 0 Å². The zero-order valence-electron chi connectivity index (χ0n) is 12.5. The topological polar surface area (TPSA) is 29.5 Å². The van der Waals surface area contributed by atoms with E-state index in [0.717, 1.165) is 5.56 Å². The first-order chi connectivity index (χ1) is 8.72. The van der Waals surface area contributed by atoms with Crippen LogP contribution in [0.1, 0.15) is 50.5 Å². The highest BCUT2D eigenvalue weighted by atomic mass is 16.5. The maximum absolute atomic E-state index is 12.5. The number of hydrogen-bond acceptors (Lipinski definition) is 2. The van der Waals surface area contributed by atoms with Crippen molar-refractivity contribution in [3.05, 3.63) is 35.4 Å². The van der Waals surface area contributed by atoms with Gasteiger partial charge in [0.2, 0.25) is 0 Å². The number of hydrogen-bond donors (Lipinski definition) is 0. The monoisotopic (exact) mass is 261 g/mol. The van der Waals surface area contributed by atoms with Gasteiger partial charge in [-0.25, -0.2) is 0 Å². The molecule has 0 N–H and O–H groups in total. The smallest absolute Gasteiger partial charge is 0.256 e. The van der Waals surface area contributed by atoms with Crippen LogP contribution in [0.4, 0.5) is 0 Å². The summed E-state index contributed by atoms with van der Waals surface area (Å²) in [5, 5.41) is 0. The molecule has 1 aromatic carbocycles. The highest BCUT2D eigenvalue weighted by molar-refractivity contribution is 5.94. The third kappa shape index (κ3) is 2.81. The maximum Gasteiger partial charge on any atom is 0.256 e. The lowest BCUT2D eigenvalue weighted by Gasteiger charge is -2.29.